The molecule has 1 amide bonds. The van der Waals surface area contributed by atoms with Crippen LogP contribution in [0, 0.1) is 0 Å². The number of hydrogen-bond donors (Lipinski definition) is 1. The fourth-order valence-electron chi connectivity index (χ4n) is 1.57. The van der Waals surface area contributed by atoms with Gasteiger partial charge in [-0.15, -0.1) is 0 Å². The molecule has 0 spiro atoms. The SMILES string of the molecule is COC(=O)[C@]1(NC(=O)OC(C)(C)C)CCSC1. The number of esters is 1. The lowest BCUT2D eigenvalue weighted by molar-refractivity contribution is -0.147. The van der Waals surface area contributed by atoms with Gasteiger partial charge >= 0.3 is 12.1 Å². The molecule has 1 saturated heterocycles. The molecule has 0 aromatic carbocycles. The van der Waals surface area contributed by atoms with Crippen molar-refractivity contribution < 1.29 is 19.1 Å². The van der Waals surface area contributed by atoms with Gasteiger partial charge in [-0.2, -0.15) is 11.8 Å². The molecule has 1 aliphatic rings. The summed E-state index contributed by atoms with van der Waals surface area (Å²) in [7, 11) is 1.32. The lowest BCUT2D eigenvalue weighted by Crippen LogP contribution is -2.56. The molecule has 1 rings (SSSR count). The third kappa shape index (κ3) is 3.80. The van der Waals surface area contributed by atoms with Gasteiger partial charge in [0.1, 0.15) is 5.60 Å². The summed E-state index contributed by atoms with van der Waals surface area (Å²) in [4.78, 5) is 23.4. The van der Waals surface area contributed by atoms with Crippen molar-refractivity contribution in [3.05, 3.63) is 0 Å². The Kier molecular flexibility index (Phi) is 4.30. The number of alkyl carbamates (subject to hydrolysis) is 1. The molecule has 0 saturated carbocycles. The van der Waals surface area contributed by atoms with E-state index in [1.54, 1.807) is 32.5 Å². The Bertz CT molecular complexity index is 305. The zero-order chi connectivity index (χ0) is 13.1. The highest BCUT2D eigenvalue weighted by molar-refractivity contribution is 7.99. The fraction of sp³-hybridized carbons (Fsp3) is 0.818. The van der Waals surface area contributed by atoms with Gasteiger partial charge in [0.25, 0.3) is 0 Å². The average Bonchev–Trinajstić information content (AvgIpc) is 2.63. The largest absolute Gasteiger partial charge is 0.467 e. The number of carbonyl (C=O) groups excluding carboxylic acids is 2. The summed E-state index contributed by atoms with van der Waals surface area (Å²) in [6.07, 6.45) is -0.00533. The minimum atomic E-state index is -0.929. The van der Waals surface area contributed by atoms with Crippen LogP contribution in [0.1, 0.15) is 27.2 Å². The minimum absolute atomic E-state index is 0.409. The second kappa shape index (κ2) is 5.16. The molecule has 17 heavy (non-hydrogen) atoms. The lowest BCUT2D eigenvalue weighted by atomic mass is 10.00. The molecule has 98 valence electrons. The van der Waals surface area contributed by atoms with Crippen LogP contribution in [0.15, 0.2) is 0 Å². The predicted octanol–water partition coefficient (Wildman–Crippen LogP) is 1.56. The molecule has 0 unspecified atom stereocenters. The Labute approximate surface area is 106 Å². The van der Waals surface area contributed by atoms with E-state index in [1.807, 2.05) is 0 Å². The summed E-state index contributed by atoms with van der Waals surface area (Å²) in [6.45, 7) is 5.34. The van der Waals surface area contributed by atoms with Gasteiger partial charge in [-0.3, -0.25) is 0 Å². The molecular formula is C11H19NO4S. The number of ether oxygens (including phenoxy) is 2. The van der Waals surface area contributed by atoms with Crippen LogP contribution in [0.4, 0.5) is 4.79 Å². The van der Waals surface area contributed by atoms with Crippen molar-refractivity contribution in [1.29, 1.82) is 0 Å². The van der Waals surface area contributed by atoms with Crippen LogP contribution < -0.4 is 5.32 Å². The Balaban J connectivity index is 2.68. The van der Waals surface area contributed by atoms with Gasteiger partial charge in [-0.05, 0) is 32.9 Å². The third-order valence-electron chi connectivity index (χ3n) is 2.34. The first kappa shape index (κ1) is 14.2. The average molecular weight is 261 g/mol. The van der Waals surface area contributed by atoms with Gasteiger partial charge in [-0.25, -0.2) is 9.59 Å². The van der Waals surface area contributed by atoms with Crippen molar-refractivity contribution in [3.8, 4) is 0 Å². The predicted molar refractivity (Wildman–Crippen MR) is 66.1 cm³/mol. The summed E-state index contributed by atoms with van der Waals surface area (Å²) >= 11 is 1.61. The van der Waals surface area contributed by atoms with Crippen LogP contribution in [0.3, 0.4) is 0 Å². The van der Waals surface area contributed by atoms with E-state index in [-0.39, 0.29) is 0 Å². The van der Waals surface area contributed by atoms with Crippen LogP contribution in [0.5, 0.6) is 0 Å². The normalized spacial score (nSPS) is 24.2. The van der Waals surface area contributed by atoms with E-state index >= 15 is 0 Å². The van der Waals surface area contributed by atoms with E-state index in [1.165, 1.54) is 7.11 Å². The number of amides is 1. The molecule has 1 aliphatic heterocycles. The lowest BCUT2D eigenvalue weighted by Gasteiger charge is -2.28. The first-order valence-corrected chi connectivity index (χ1v) is 6.62. The van der Waals surface area contributed by atoms with Gasteiger partial charge in [-0.1, -0.05) is 0 Å². The maximum absolute atomic E-state index is 11.7. The summed E-state index contributed by atoms with van der Waals surface area (Å²) in [6, 6.07) is 0. The molecule has 5 nitrogen and oxygen atoms in total. The number of rotatable bonds is 2. The van der Waals surface area contributed by atoms with Crippen molar-refractivity contribution >= 4 is 23.8 Å². The maximum atomic E-state index is 11.7. The number of carbonyl (C=O) groups is 2. The summed E-state index contributed by atoms with van der Waals surface area (Å²) in [5.74, 6) is 0.942. The number of nitrogens with one attached hydrogen (secondary N) is 1. The van der Waals surface area contributed by atoms with Crippen LogP contribution in [0.25, 0.3) is 0 Å². The summed E-state index contributed by atoms with van der Waals surface area (Å²) in [5.41, 5.74) is -1.51. The molecule has 6 heteroatoms. The third-order valence-corrected chi connectivity index (χ3v) is 3.53. The van der Waals surface area contributed by atoms with E-state index < -0.39 is 23.2 Å². The van der Waals surface area contributed by atoms with Crippen molar-refractivity contribution in [3.63, 3.8) is 0 Å². The Hall–Kier alpha value is -0.910. The first-order chi connectivity index (χ1) is 7.79. The molecule has 1 heterocycles. The van der Waals surface area contributed by atoms with E-state index in [0.29, 0.717) is 12.2 Å². The Morgan fingerprint density at radius 1 is 1.35 bits per heavy atom. The van der Waals surface area contributed by atoms with E-state index in [9.17, 15) is 9.59 Å². The van der Waals surface area contributed by atoms with Crippen LogP contribution in [-0.4, -0.2) is 41.8 Å². The van der Waals surface area contributed by atoms with Gasteiger partial charge in [0.2, 0.25) is 0 Å². The zero-order valence-corrected chi connectivity index (χ0v) is 11.5. The smallest absolute Gasteiger partial charge is 0.408 e. The zero-order valence-electron chi connectivity index (χ0n) is 10.7. The Morgan fingerprint density at radius 2 is 2.00 bits per heavy atom. The van der Waals surface area contributed by atoms with Crippen LogP contribution in [0.2, 0.25) is 0 Å². The highest BCUT2D eigenvalue weighted by Gasteiger charge is 2.45. The molecule has 1 N–H and O–H groups in total. The molecule has 0 radical (unpaired) electrons. The topological polar surface area (TPSA) is 64.6 Å². The molecular weight excluding hydrogens is 242 g/mol. The molecule has 1 fully saturated rings. The van der Waals surface area contributed by atoms with E-state index in [4.69, 9.17) is 9.47 Å². The quantitative estimate of drug-likeness (QED) is 0.764. The standard InChI is InChI=1S/C11H19NO4S/c1-10(2,3)16-9(14)12-11(8(13)15-4)5-6-17-7-11/h5-7H2,1-4H3,(H,12,14)/t11-/m0/s1. The fourth-order valence-corrected chi connectivity index (χ4v) is 2.89. The van der Waals surface area contributed by atoms with Crippen molar-refractivity contribution in [1.82, 2.24) is 5.32 Å². The first-order valence-electron chi connectivity index (χ1n) is 5.46. The molecule has 1 atom stereocenters. The van der Waals surface area contributed by atoms with Gasteiger partial charge in [0.05, 0.1) is 7.11 Å². The highest BCUT2D eigenvalue weighted by Crippen LogP contribution is 2.29. The number of hydrogen-bond acceptors (Lipinski definition) is 5. The minimum Gasteiger partial charge on any atom is -0.467 e. The summed E-state index contributed by atoms with van der Waals surface area (Å²) < 4.78 is 9.90. The Morgan fingerprint density at radius 3 is 2.41 bits per heavy atom. The van der Waals surface area contributed by atoms with Gasteiger partial charge in [0.15, 0.2) is 5.54 Å². The monoisotopic (exact) mass is 261 g/mol. The van der Waals surface area contributed by atoms with Crippen molar-refractivity contribution in [2.45, 2.75) is 38.3 Å². The highest BCUT2D eigenvalue weighted by atomic mass is 32.2. The van der Waals surface area contributed by atoms with Crippen LogP contribution >= 0.6 is 11.8 Å². The van der Waals surface area contributed by atoms with Gasteiger partial charge < -0.3 is 14.8 Å². The van der Waals surface area contributed by atoms with Crippen molar-refractivity contribution in [2.24, 2.45) is 0 Å². The maximum Gasteiger partial charge on any atom is 0.408 e. The number of thioether (sulfide) groups is 1. The van der Waals surface area contributed by atoms with Gasteiger partial charge in [0, 0.05) is 5.75 Å². The molecule has 0 aromatic rings. The van der Waals surface area contributed by atoms with Crippen LogP contribution in [-0.2, 0) is 14.3 Å². The summed E-state index contributed by atoms with van der Waals surface area (Å²) in [5, 5.41) is 2.64. The second-order valence-electron chi connectivity index (χ2n) is 5.00. The number of methoxy groups -OCH3 is 1. The molecule has 0 aliphatic carbocycles. The van der Waals surface area contributed by atoms with E-state index in [2.05, 4.69) is 5.32 Å². The molecule has 0 aromatic heterocycles. The molecule has 0 bridgehead atoms. The second-order valence-corrected chi connectivity index (χ2v) is 6.11. The van der Waals surface area contributed by atoms with Crippen molar-refractivity contribution in [2.75, 3.05) is 18.6 Å². The van der Waals surface area contributed by atoms with E-state index in [0.717, 1.165) is 5.75 Å².